The lowest BCUT2D eigenvalue weighted by Crippen LogP contribution is -2.15. The van der Waals surface area contributed by atoms with Crippen molar-refractivity contribution in [3.8, 4) is 0 Å². The molecule has 88 valence electrons. The number of carbonyl (C=O) groups excluding carboxylic acids is 1. The van der Waals surface area contributed by atoms with E-state index in [0.29, 0.717) is 6.61 Å². The summed E-state index contributed by atoms with van der Waals surface area (Å²) < 4.78 is 4.97. The molecule has 0 saturated heterocycles. The van der Waals surface area contributed by atoms with Gasteiger partial charge in [0.2, 0.25) is 0 Å². The summed E-state index contributed by atoms with van der Waals surface area (Å²) in [5.41, 5.74) is 2.71. The van der Waals surface area contributed by atoms with Crippen molar-refractivity contribution in [2.75, 3.05) is 6.61 Å². The van der Waals surface area contributed by atoms with Crippen LogP contribution in [0, 0.1) is 0 Å². The highest BCUT2D eigenvalue weighted by Gasteiger charge is 2.16. The molecule has 2 heteroatoms. The van der Waals surface area contributed by atoms with Crippen LogP contribution in [0.4, 0.5) is 0 Å². The van der Waals surface area contributed by atoms with Gasteiger partial charge < -0.3 is 4.74 Å². The third-order valence-corrected chi connectivity index (χ3v) is 2.50. The van der Waals surface area contributed by atoms with Crippen LogP contribution < -0.4 is 0 Å². The molecule has 16 heavy (non-hydrogen) atoms. The molecule has 0 heterocycles. The van der Waals surface area contributed by atoms with Crippen LogP contribution in [0.5, 0.6) is 0 Å². The van der Waals surface area contributed by atoms with Crippen molar-refractivity contribution in [1.82, 2.24) is 0 Å². The zero-order valence-electron chi connectivity index (χ0n) is 10.5. The summed E-state index contributed by atoms with van der Waals surface area (Å²) in [7, 11) is 0. The maximum Gasteiger partial charge on any atom is 0.302 e. The van der Waals surface area contributed by atoms with Crippen LogP contribution in [0.2, 0.25) is 0 Å². The van der Waals surface area contributed by atoms with Crippen molar-refractivity contribution in [1.29, 1.82) is 0 Å². The molecule has 0 saturated carbocycles. The van der Waals surface area contributed by atoms with Crippen molar-refractivity contribution in [3.63, 3.8) is 0 Å². The van der Waals surface area contributed by atoms with E-state index in [1.54, 1.807) is 0 Å². The van der Waals surface area contributed by atoms with Crippen LogP contribution in [-0.4, -0.2) is 12.6 Å². The van der Waals surface area contributed by atoms with E-state index in [4.69, 9.17) is 4.74 Å². The lowest BCUT2D eigenvalue weighted by molar-refractivity contribution is -0.140. The second-order valence-electron chi connectivity index (χ2n) is 5.00. The fourth-order valence-corrected chi connectivity index (χ4v) is 1.77. The van der Waals surface area contributed by atoms with E-state index in [2.05, 4.69) is 39.0 Å². The van der Waals surface area contributed by atoms with Crippen LogP contribution >= 0.6 is 0 Å². The number of benzene rings is 1. The van der Waals surface area contributed by atoms with E-state index in [9.17, 15) is 4.79 Å². The lowest BCUT2D eigenvalue weighted by Gasteiger charge is -2.22. The Hall–Kier alpha value is -1.31. The second-order valence-corrected chi connectivity index (χ2v) is 5.00. The predicted molar refractivity (Wildman–Crippen MR) is 65.5 cm³/mol. The maximum absolute atomic E-state index is 10.7. The fraction of sp³-hybridized carbons (Fsp3) is 0.500. The number of rotatable bonds is 3. The van der Waals surface area contributed by atoms with Gasteiger partial charge in [-0.25, -0.2) is 0 Å². The molecular weight excluding hydrogens is 200 g/mol. The summed E-state index contributed by atoms with van der Waals surface area (Å²) in [5, 5.41) is 0. The number of hydrogen-bond donors (Lipinski definition) is 0. The molecule has 0 fully saturated rings. The molecule has 1 rings (SSSR count). The minimum absolute atomic E-state index is 0.132. The minimum Gasteiger partial charge on any atom is -0.466 e. The first-order chi connectivity index (χ1) is 7.41. The van der Waals surface area contributed by atoms with Crippen LogP contribution in [0.15, 0.2) is 24.3 Å². The first kappa shape index (κ1) is 12.8. The molecule has 2 nitrogen and oxygen atoms in total. The van der Waals surface area contributed by atoms with E-state index in [0.717, 1.165) is 6.42 Å². The molecular formula is C14H20O2. The molecule has 1 aromatic carbocycles. The van der Waals surface area contributed by atoms with E-state index in [1.807, 2.05) is 6.07 Å². The molecule has 0 atom stereocenters. The SMILES string of the molecule is CC(=O)OCCc1ccccc1C(C)(C)C. The third kappa shape index (κ3) is 3.69. The molecule has 0 aromatic heterocycles. The topological polar surface area (TPSA) is 26.3 Å². The minimum atomic E-state index is -0.215. The summed E-state index contributed by atoms with van der Waals surface area (Å²) in [6.07, 6.45) is 0.785. The van der Waals surface area contributed by atoms with Crippen LogP contribution in [0.3, 0.4) is 0 Å². The van der Waals surface area contributed by atoms with Crippen LogP contribution in [0.25, 0.3) is 0 Å². The molecule has 0 amide bonds. The highest BCUT2D eigenvalue weighted by molar-refractivity contribution is 5.65. The van der Waals surface area contributed by atoms with Gasteiger partial charge in [0, 0.05) is 13.3 Å². The highest BCUT2D eigenvalue weighted by atomic mass is 16.5. The molecule has 0 aliphatic heterocycles. The van der Waals surface area contributed by atoms with Gasteiger partial charge in [-0.05, 0) is 16.5 Å². The molecule has 1 aromatic rings. The zero-order valence-corrected chi connectivity index (χ0v) is 10.5. The van der Waals surface area contributed by atoms with Gasteiger partial charge in [-0.1, -0.05) is 45.0 Å². The largest absolute Gasteiger partial charge is 0.466 e. The molecule has 0 aliphatic carbocycles. The Labute approximate surface area is 97.6 Å². The summed E-state index contributed by atoms with van der Waals surface area (Å²) in [6.45, 7) is 8.48. The van der Waals surface area contributed by atoms with Crippen molar-refractivity contribution < 1.29 is 9.53 Å². The van der Waals surface area contributed by atoms with Crippen molar-refractivity contribution in [2.45, 2.75) is 39.5 Å². The first-order valence-corrected chi connectivity index (χ1v) is 5.63. The van der Waals surface area contributed by atoms with Gasteiger partial charge in [0.05, 0.1) is 6.61 Å². The Morgan fingerprint density at radius 2 is 1.88 bits per heavy atom. The van der Waals surface area contributed by atoms with Crippen molar-refractivity contribution in [3.05, 3.63) is 35.4 Å². The molecule has 0 bridgehead atoms. The summed E-state index contributed by atoms with van der Waals surface area (Å²) in [6, 6.07) is 8.32. The van der Waals surface area contributed by atoms with Gasteiger partial charge in [0.1, 0.15) is 0 Å². The summed E-state index contributed by atoms with van der Waals surface area (Å²) in [5.74, 6) is -0.215. The zero-order chi connectivity index (χ0) is 12.2. The standard InChI is InChI=1S/C14H20O2/c1-11(15)16-10-9-12-7-5-6-8-13(12)14(2,3)4/h5-8H,9-10H2,1-4H3. The molecule has 0 unspecified atom stereocenters. The molecule has 0 aliphatic rings. The van der Waals surface area contributed by atoms with Crippen LogP contribution in [-0.2, 0) is 21.4 Å². The summed E-state index contributed by atoms with van der Waals surface area (Å²) in [4.78, 5) is 10.7. The predicted octanol–water partition coefficient (Wildman–Crippen LogP) is 3.09. The van der Waals surface area contributed by atoms with Crippen LogP contribution in [0.1, 0.15) is 38.8 Å². The lowest BCUT2D eigenvalue weighted by atomic mass is 9.83. The van der Waals surface area contributed by atoms with E-state index in [-0.39, 0.29) is 11.4 Å². The number of hydrogen-bond acceptors (Lipinski definition) is 2. The van der Waals surface area contributed by atoms with Gasteiger partial charge in [0.25, 0.3) is 0 Å². The van der Waals surface area contributed by atoms with E-state index in [1.165, 1.54) is 18.1 Å². The van der Waals surface area contributed by atoms with Crippen molar-refractivity contribution >= 4 is 5.97 Å². The fourth-order valence-electron chi connectivity index (χ4n) is 1.77. The molecule has 0 N–H and O–H groups in total. The number of ether oxygens (including phenoxy) is 1. The Morgan fingerprint density at radius 1 is 1.25 bits per heavy atom. The normalized spacial score (nSPS) is 11.2. The van der Waals surface area contributed by atoms with Crippen molar-refractivity contribution in [2.24, 2.45) is 0 Å². The smallest absolute Gasteiger partial charge is 0.302 e. The van der Waals surface area contributed by atoms with E-state index >= 15 is 0 Å². The second kappa shape index (κ2) is 5.15. The Balaban J connectivity index is 2.76. The Morgan fingerprint density at radius 3 is 2.44 bits per heavy atom. The quantitative estimate of drug-likeness (QED) is 0.732. The van der Waals surface area contributed by atoms with Gasteiger partial charge in [0.15, 0.2) is 0 Å². The Bertz CT molecular complexity index is 361. The average Bonchev–Trinajstić information content (AvgIpc) is 2.16. The maximum atomic E-state index is 10.7. The third-order valence-electron chi connectivity index (χ3n) is 2.50. The number of carbonyl (C=O) groups is 1. The van der Waals surface area contributed by atoms with Gasteiger partial charge in [-0.2, -0.15) is 0 Å². The first-order valence-electron chi connectivity index (χ1n) is 5.63. The van der Waals surface area contributed by atoms with Gasteiger partial charge in [-0.3, -0.25) is 4.79 Å². The van der Waals surface area contributed by atoms with E-state index < -0.39 is 0 Å². The Kier molecular flexibility index (Phi) is 4.11. The summed E-state index contributed by atoms with van der Waals surface area (Å²) >= 11 is 0. The highest BCUT2D eigenvalue weighted by Crippen LogP contribution is 2.25. The monoisotopic (exact) mass is 220 g/mol. The van der Waals surface area contributed by atoms with Gasteiger partial charge in [-0.15, -0.1) is 0 Å². The molecule has 0 radical (unpaired) electrons. The van der Waals surface area contributed by atoms with Gasteiger partial charge >= 0.3 is 5.97 Å². The average molecular weight is 220 g/mol. The number of esters is 1. The molecule has 0 spiro atoms.